The van der Waals surface area contributed by atoms with Crippen LogP contribution >= 0.6 is 0 Å². The highest BCUT2D eigenvalue weighted by Crippen LogP contribution is 2.14. The Balaban J connectivity index is 2.10. The molecule has 0 spiro atoms. The predicted octanol–water partition coefficient (Wildman–Crippen LogP) is -1.24. The third kappa shape index (κ3) is 2.59. The molecule has 3 N–H and O–H groups in total. The highest BCUT2D eigenvalue weighted by molar-refractivity contribution is 5.77. The van der Waals surface area contributed by atoms with Crippen molar-refractivity contribution in [3.63, 3.8) is 0 Å². The molecule has 0 aliphatic carbocycles. The number of nitrogens with zero attached hydrogens (tertiary/aromatic N) is 1. The molecule has 0 atom stereocenters. The first-order valence-electron chi connectivity index (χ1n) is 4.47. The molecule has 0 bridgehead atoms. The van der Waals surface area contributed by atoms with E-state index in [-0.39, 0.29) is 18.5 Å². The summed E-state index contributed by atoms with van der Waals surface area (Å²) < 4.78 is 4.53. The number of methoxy groups -OCH3 is 1. The van der Waals surface area contributed by atoms with E-state index in [9.17, 15) is 9.59 Å². The summed E-state index contributed by atoms with van der Waals surface area (Å²) in [6, 6.07) is 0. The smallest absolute Gasteiger partial charge is 0.409 e. The van der Waals surface area contributed by atoms with Gasteiger partial charge in [-0.25, -0.2) is 4.79 Å². The van der Waals surface area contributed by atoms with Crippen LogP contribution in [0.15, 0.2) is 0 Å². The highest BCUT2D eigenvalue weighted by atomic mass is 16.5. The fourth-order valence-corrected chi connectivity index (χ4v) is 1.31. The van der Waals surface area contributed by atoms with Crippen molar-refractivity contribution in [3.8, 4) is 0 Å². The topological polar surface area (TPSA) is 84.7 Å². The predicted molar refractivity (Wildman–Crippen MR) is 49.5 cm³/mol. The minimum atomic E-state index is -0.314. The maximum Gasteiger partial charge on any atom is 0.409 e. The van der Waals surface area contributed by atoms with Gasteiger partial charge in [-0.2, -0.15) is 0 Å². The van der Waals surface area contributed by atoms with Gasteiger partial charge < -0.3 is 20.7 Å². The molecule has 1 heterocycles. The number of nitrogens with two attached hydrogens (primary N) is 1. The Hall–Kier alpha value is -1.30. The van der Waals surface area contributed by atoms with Crippen LogP contribution in [0.1, 0.15) is 0 Å². The van der Waals surface area contributed by atoms with Gasteiger partial charge in [0, 0.05) is 25.6 Å². The molecule has 80 valence electrons. The van der Waals surface area contributed by atoms with Gasteiger partial charge in [0.1, 0.15) is 0 Å². The van der Waals surface area contributed by atoms with Gasteiger partial charge >= 0.3 is 6.09 Å². The average molecular weight is 201 g/mol. The second-order valence-corrected chi connectivity index (χ2v) is 3.25. The molecule has 1 rings (SSSR count). The molecule has 0 aromatic carbocycles. The van der Waals surface area contributed by atoms with E-state index < -0.39 is 0 Å². The van der Waals surface area contributed by atoms with E-state index >= 15 is 0 Å². The van der Waals surface area contributed by atoms with Crippen molar-refractivity contribution in [3.05, 3.63) is 0 Å². The number of hydrogen-bond acceptors (Lipinski definition) is 4. The number of rotatable bonds is 3. The highest BCUT2D eigenvalue weighted by Gasteiger charge is 2.31. The Morgan fingerprint density at radius 3 is 2.71 bits per heavy atom. The lowest BCUT2D eigenvalue weighted by Gasteiger charge is -2.37. The van der Waals surface area contributed by atoms with Crippen molar-refractivity contribution < 1.29 is 14.3 Å². The molecule has 1 aliphatic rings. The number of carbonyl (C=O) groups excluding carboxylic acids is 2. The Kier molecular flexibility index (Phi) is 3.70. The average Bonchev–Trinajstić information content (AvgIpc) is 2.14. The molecule has 0 unspecified atom stereocenters. The summed E-state index contributed by atoms with van der Waals surface area (Å²) in [4.78, 5) is 23.3. The Morgan fingerprint density at radius 1 is 1.57 bits per heavy atom. The van der Waals surface area contributed by atoms with Crippen LogP contribution < -0.4 is 11.1 Å². The van der Waals surface area contributed by atoms with Gasteiger partial charge in [-0.05, 0) is 0 Å². The third-order valence-electron chi connectivity index (χ3n) is 2.16. The van der Waals surface area contributed by atoms with Crippen LogP contribution in [0.25, 0.3) is 0 Å². The van der Waals surface area contributed by atoms with Gasteiger partial charge in [0.05, 0.1) is 13.7 Å². The molecule has 6 heteroatoms. The van der Waals surface area contributed by atoms with E-state index in [2.05, 4.69) is 10.1 Å². The molecule has 1 saturated heterocycles. The lowest BCUT2D eigenvalue weighted by atomic mass is 10.0. The fraction of sp³-hybridized carbons (Fsp3) is 0.750. The first-order chi connectivity index (χ1) is 6.67. The molecule has 1 fully saturated rings. The number of carbonyl (C=O) groups is 2. The van der Waals surface area contributed by atoms with Crippen LogP contribution in [0.5, 0.6) is 0 Å². The van der Waals surface area contributed by atoms with Gasteiger partial charge in [-0.1, -0.05) is 0 Å². The van der Waals surface area contributed by atoms with Gasteiger partial charge in [0.2, 0.25) is 5.91 Å². The largest absolute Gasteiger partial charge is 0.453 e. The Labute approximate surface area is 82.4 Å². The van der Waals surface area contributed by atoms with E-state index in [4.69, 9.17) is 5.73 Å². The molecule has 0 aromatic heterocycles. The van der Waals surface area contributed by atoms with E-state index in [0.717, 1.165) is 0 Å². The second kappa shape index (κ2) is 4.80. The maximum absolute atomic E-state index is 10.9. The van der Waals surface area contributed by atoms with Crippen LogP contribution in [0.3, 0.4) is 0 Å². The van der Waals surface area contributed by atoms with E-state index in [1.54, 1.807) is 4.90 Å². The Morgan fingerprint density at radius 2 is 2.21 bits per heavy atom. The molecular formula is C8H15N3O3. The molecule has 2 amide bonds. The maximum atomic E-state index is 10.9. The monoisotopic (exact) mass is 201 g/mol. The van der Waals surface area contributed by atoms with Crippen molar-refractivity contribution in [2.45, 2.75) is 0 Å². The van der Waals surface area contributed by atoms with Crippen molar-refractivity contribution in [1.29, 1.82) is 0 Å². The molecule has 14 heavy (non-hydrogen) atoms. The molecule has 0 saturated carbocycles. The quantitative estimate of drug-likeness (QED) is 0.598. The summed E-state index contributed by atoms with van der Waals surface area (Å²) in [5, 5.41) is 2.67. The Bertz CT molecular complexity index is 223. The van der Waals surface area contributed by atoms with E-state index in [0.29, 0.717) is 25.6 Å². The van der Waals surface area contributed by atoms with Gasteiger partial charge in [0.15, 0.2) is 0 Å². The SMILES string of the molecule is COC(=O)N1CC(CNC(=O)CN)C1. The summed E-state index contributed by atoms with van der Waals surface area (Å²) in [7, 11) is 1.35. The van der Waals surface area contributed by atoms with Crippen LogP contribution in [0.2, 0.25) is 0 Å². The lowest BCUT2D eigenvalue weighted by Crippen LogP contribution is -2.54. The minimum absolute atomic E-state index is 0.00738. The lowest BCUT2D eigenvalue weighted by molar-refractivity contribution is -0.120. The summed E-state index contributed by atoms with van der Waals surface area (Å²) in [5.41, 5.74) is 5.12. The molecule has 0 radical (unpaired) electrons. The molecular weight excluding hydrogens is 186 g/mol. The number of hydrogen-bond donors (Lipinski definition) is 2. The zero-order valence-corrected chi connectivity index (χ0v) is 8.16. The zero-order chi connectivity index (χ0) is 10.6. The number of nitrogens with one attached hydrogen (secondary N) is 1. The number of likely N-dealkylation sites (tertiary alicyclic amines) is 1. The van der Waals surface area contributed by atoms with Crippen molar-refractivity contribution in [2.24, 2.45) is 11.7 Å². The fourth-order valence-electron chi connectivity index (χ4n) is 1.31. The van der Waals surface area contributed by atoms with Gasteiger partial charge in [0.25, 0.3) is 0 Å². The van der Waals surface area contributed by atoms with Crippen LogP contribution in [0.4, 0.5) is 4.79 Å². The number of amides is 2. The minimum Gasteiger partial charge on any atom is -0.453 e. The molecule has 6 nitrogen and oxygen atoms in total. The summed E-state index contributed by atoms with van der Waals surface area (Å²) >= 11 is 0. The zero-order valence-electron chi connectivity index (χ0n) is 8.16. The third-order valence-corrected chi connectivity index (χ3v) is 2.16. The van der Waals surface area contributed by atoms with Crippen molar-refractivity contribution in [2.75, 3.05) is 33.3 Å². The van der Waals surface area contributed by atoms with Crippen LogP contribution in [0, 0.1) is 5.92 Å². The van der Waals surface area contributed by atoms with Crippen LogP contribution in [-0.4, -0.2) is 50.2 Å². The summed E-state index contributed by atoms with van der Waals surface area (Å²) in [6.45, 7) is 1.85. The standard InChI is InChI=1S/C8H15N3O3/c1-14-8(13)11-4-6(5-11)3-10-7(12)2-9/h6H,2-5,9H2,1H3,(H,10,12). The van der Waals surface area contributed by atoms with E-state index in [1.807, 2.05) is 0 Å². The molecule has 1 aliphatic heterocycles. The first-order valence-corrected chi connectivity index (χ1v) is 4.47. The van der Waals surface area contributed by atoms with Gasteiger partial charge in [-0.3, -0.25) is 4.79 Å². The van der Waals surface area contributed by atoms with Crippen LogP contribution in [-0.2, 0) is 9.53 Å². The van der Waals surface area contributed by atoms with Gasteiger partial charge in [-0.15, -0.1) is 0 Å². The first kappa shape index (κ1) is 10.8. The van der Waals surface area contributed by atoms with Crippen molar-refractivity contribution >= 4 is 12.0 Å². The normalized spacial score (nSPS) is 16.0. The summed E-state index contributed by atoms with van der Waals surface area (Å²) in [5.74, 6) is 0.158. The molecule has 0 aromatic rings. The van der Waals surface area contributed by atoms with E-state index in [1.165, 1.54) is 7.11 Å². The van der Waals surface area contributed by atoms with Crippen molar-refractivity contribution in [1.82, 2.24) is 10.2 Å². The second-order valence-electron chi connectivity index (χ2n) is 3.25. The number of ether oxygens (including phenoxy) is 1. The summed E-state index contributed by atoms with van der Waals surface area (Å²) in [6.07, 6.45) is -0.314.